The van der Waals surface area contributed by atoms with Crippen LogP contribution in [-0.4, -0.2) is 30.3 Å². The third kappa shape index (κ3) is 3.04. The van der Waals surface area contributed by atoms with Crippen LogP contribution in [0.1, 0.15) is 45.4 Å². The minimum atomic E-state index is 0.359. The minimum Gasteiger partial charge on any atom is -0.302 e. The molecule has 1 heterocycles. The van der Waals surface area contributed by atoms with Gasteiger partial charge in [0.05, 0.1) is 0 Å². The van der Waals surface area contributed by atoms with Crippen LogP contribution in [0.2, 0.25) is 0 Å². The van der Waals surface area contributed by atoms with Gasteiger partial charge in [-0.05, 0) is 31.7 Å². The van der Waals surface area contributed by atoms with Crippen LogP contribution in [0.25, 0.3) is 0 Å². The van der Waals surface area contributed by atoms with E-state index in [0.717, 1.165) is 31.7 Å². The summed E-state index contributed by atoms with van der Waals surface area (Å²) < 4.78 is 0. The second-order valence-corrected chi connectivity index (χ2v) is 5.42. The van der Waals surface area contributed by atoms with E-state index in [1.54, 1.807) is 0 Å². The average Bonchev–Trinajstić information content (AvgIpc) is 2.50. The van der Waals surface area contributed by atoms with Crippen molar-refractivity contribution in [3.8, 4) is 0 Å². The summed E-state index contributed by atoms with van der Waals surface area (Å²) in [7, 11) is 0. The fourth-order valence-electron chi connectivity index (χ4n) is 2.93. The fourth-order valence-corrected chi connectivity index (χ4v) is 2.93. The molecule has 1 saturated carbocycles. The van der Waals surface area contributed by atoms with E-state index < -0.39 is 0 Å². The Bertz CT molecular complexity index is 227. The molecule has 0 amide bonds. The normalized spacial score (nSPS) is 34.3. The second-order valence-electron chi connectivity index (χ2n) is 5.42. The van der Waals surface area contributed by atoms with E-state index in [1.165, 1.54) is 32.4 Å². The standard InChI is InChI=1S/C13H23NO/c1-11-7-8-14(9-11)10-12-5-3-2-4-6-13(12)15/h11-12H,2-10H2,1H3. The van der Waals surface area contributed by atoms with Crippen LogP contribution < -0.4 is 0 Å². The minimum absolute atomic E-state index is 0.359. The zero-order valence-electron chi connectivity index (χ0n) is 9.87. The van der Waals surface area contributed by atoms with Crippen molar-refractivity contribution in [1.29, 1.82) is 0 Å². The Morgan fingerprint density at radius 1 is 1.27 bits per heavy atom. The fraction of sp³-hybridized carbons (Fsp3) is 0.923. The Balaban J connectivity index is 1.83. The molecule has 0 N–H and O–H groups in total. The lowest BCUT2D eigenvalue weighted by atomic mass is 9.98. The zero-order valence-corrected chi connectivity index (χ0v) is 9.87. The van der Waals surface area contributed by atoms with Crippen molar-refractivity contribution < 1.29 is 4.79 Å². The highest BCUT2D eigenvalue weighted by Gasteiger charge is 2.26. The quantitative estimate of drug-likeness (QED) is 0.651. The van der Waals surface area contributed by atoms with Crippen molar-refractivity contribution in [2.45, 2.75) is 45.4 Å². The Kier molecular flexibility index (Phi) is 3.79. The second kappa shape index (κ2) is 5.11. The molecule has 0 aromatic carbocycles. The van der Waals surface area contributed by atoms with Crippen molar-refractivity contribution in [2.75, 3.05) is 19.6 Å². The molecular formula is C13H23NO. The van der Waals surface area contributed by atoms with Gasteiger partial charge >= 0.3 is 0 Å². The molecular weight excluding hydrogens is 186 g/mol. The van der Waals surface area contributed by atoms with Crippen molar-refractivity contribution >= 4 is 5.78 Å². The molecule has 0 aromatic rings. The van der Waals surface area contributed by atoms with Gasteiger partial charge in [-0.2, -0.15) is 0 Å². The maximum atomic E-state index is 11.9. The molecule has 2 heteroatoms. The first kappa shape index (κ1) is 11.1. The predicted octanol–water partition coefficient (Wildman–Crippen LogP) is 2.48. The third-order valence-corrected chi connectivity index (χ3v) is 3.92. The van der Waals surface area contributed by atoms with Gasteiger partial charge in [-0.15, -0.1) is 0 Å². The van der Waals surface area contributed by atoms with E-state index in [4.69, 9.17) is 0 Å². The van der Waals surface area contributed by atoms with Crippen LogP contribution in [0.4, 0.5) is 0 Å². The highest BCUT2D eigenvalue weighted by Crippen LogP contribution is 2.23. The number of nitrogens with zero attached hydrogens (tertiary/aromatic N) is 1. The van der Waals surface area contributed by atoms with Gasteiger partial charge in [0.1, 0.15) is 5.78 Å². The predicted molar refractivity (Wildman–Crippen MR) is 61.8 cm³/mol. The molecule has 86 valence electrons. The summed E-state index contributed by atoms with van der Waals surface area (Å²) >= 11 is 0. The SMILES string of the molecule is CC1CCN(CC2CCCCCC2=O)C1. The van der Waals surface area contributed by atoms with Gasteiger partial charge in [0.25, 0.3) is 0 Å². The summed E-state index contributed by atoms with van der Waals surface area (Å²) in [6, 6.07) is 0. The molecule has 2 aliphatic rings. The average molecular weight is 209 g/mol. The van der Waals surface area contributed by atoms with Crippen molar-refractivity contribution in [3.63, 3.8) is 0 Å². The Hall–Kier alpha value is -0.370. The van der Waals surface area contributed by atoms with Crippen LogP contribution in [-0.2, 0) is 4.79 Å². The molecule has 2 atom stereocenters. The number of carbonyl (C=O) groups excluding carboxylic acids is 1. The molecule has 2 fully saturated rings. The number of ketones is 1. The maximum Gasteiger partial charge on any atom is 0.137 e. The maximum absolute atomic E-state index is 11.9. The monoisotopic (exact) mass is 209 g/mol. The van der Waals surface area contributed by atoms with Gasteiger partial charge in [-0.25, -0.2) is 0 Å². The first-order valence-electron chi connectivity index (χ1n) is 6.51. The highest BCUT2D eigenvalue weighted by atomic mass is 16.1. The molecule has 0 aromatic heterocycles. The lowest BCUT2D eigenvalue weighted by molar-refractivity contribution is -0.123. The molecule has 2 nitrogen and oxygen atoms in total. The number of hydrogen-bond donors (Lipinski definition) is 0. The van der Waals surface area contributed by atoms with Crippen molar-refractivity contribution in [3.05, 3.63) is 0 Å². The van der Waals surface area contributed by atoms with Crippen LogP contribution in [0, 0.1) is 11.8 Å². The number of likely N-dealkylation sites (tertiary alicyclic amines) is 1. The van der Waals surface area contributed by atoms with Crippen LogP contribution >= 0.6 is 0 Å². The molecule has 1 aliphatic carbocycles. The highest BCUT2D eigenvalue weighted by molar-refractivity contribution is 5.81. The van der Waals surface area contributed by atoms with E-state index in [0.29, 0.717) is 11.7 Å². The lowest BCUT2D eigenvalue weighted by Gasteiger charge is -2.21. The summed E-state index contributed by atoms with van der Waals surface area (Å²) in [6.07, 6.45) is 6.96. The number of Topliss-reactive ketones (excluding diaryl/α,β-unsaturated/α-hetero) is 1. The molecule has 0 spiro atoms. The molecule has 2 unspecified atom stereocenters. The first-order valence-corrected chi connectivity index (χ1v) is 6.51. The van der Waals surface area contributed by atoms with Crippen LogP contribution in [0.3, 0.4) is 0 Å². The lowest BCUT2D eigenvalue weighted by Crippen LogP contribution is -2.31. The summed E-state index contributed by atoms with van der Waals surface area (Å²) in [5.74, 6) is 1.73. The van der Waals surface area contributed by atoms with Gasteiger partial charge in [0, 0.05) is 25.4 Å². The van der Waals surface area contributed by atoms with Gasteiger partial charge in [0.2, 0.25) is 0 Å². The van der Waals surface area contributed by atoms with Crippen LogP contribution in [0.5, 0.6) is 0 Å². The molecule has 15 heavy (non-hydrogen) atoms. The summed E-state index contributed by atoms with van der Waals surface area (Å²) in [4.78, 5) is 14.4. The number of carbonyl (C=O) groups is 1. The largest absolute Gasteiger partial charge is 0.302 e. The number of hydrogen-bond acceptors (Lipinski definition) is 2. The summed E-state index contributed by atoms with van der Waals surface area (Å²) in [5.41, 5.74) is 0. The first-order chi connectivity index (χ1) is 7.25. The van der Waals surface area contributed by atoms with E-state index in [-0.39, 0.29) is 0 Å². The van der Waals surface area contributed by atoms with Gasteiger partial charge in [-0.3, -0.25) is 4.79 Å². The van der Waals surface area contributed by atoms with Gasteiger partial charge < -0.3 is 4.90 Å². The summed E-state index contributed by atoms with van der Waals surface area (Å²) in [6.45, 7) is 5.78. The van der Waals surface area contributed by atoms with E-state index >= 15 is 0 Å². The van der Waals surface area contributed by atoms with E-state index in [2.05, 4.69) is 11.8 Å². The molecule has 0 radical (unpaired) electrons. The molecule has 1 saturated heterocycles. The number of rotatable bonds is 2. The van der Waals surface area contributed by atoms with Crippen LogP contribution in [0.15, 0.2) is 0 Å². The van der Waals surface area contributed by atoms with E-state index in [9.17, 15) is 4.79 Å². The topological polar surface area (TPSA) is 20.3 Å². The van der Waals surface area contributed by atoms with Crippen molar-refractivity contribution in [1.82, 2.24) is 4.90 Å². The van der Waals surface area contributed by atoms with Crippen molar-refractivity contribution in [2.24, 2.45) is 11.8 Å². The Morgan fingerprint density at radius 2 is 2.13 bits per heavy atom. The van der Waals surface area contributed by atoms with Gasteiger partial charge in [-0.1, -0.05) is 19.8 Å². The smallest absolute Gasteiger partial charge is 0.137 e. The Labute approximate surface area is 93.0 Å². The molecule has 0 bridgehead atoms. The third-order valence-electron chi connectivity index (χ3n) is 3.92. The van der Waals surface area contributed by atoms with E-state index in [1.807, 2.05) is 0 Å². The molecule has 1 aliphatic heterocycles. The molecule has 2 rings (SSSR count). The summed E-state index contributed by atoms with van der Waals surface area (Å²) in [5, 5.41) is 0. The van der Waals surface area contributed by atoms with Gasteiger partial charge in [0.15, 0.2) is 0 Å². The Morgan fingerprint density at radius 3 is 2.87 bits per heavy atom. The zero-order chi connectivity index (χ0) is 10.7.